The topological polar surface area (TPSA) is 71.2 Å². The molecular weight excluding hydrogens is 510 g/mol. The smallest absolute Gasteiger partial charge is 0.278 e. The first kappa shape index (κ1) is 25.6. The van der Waals surface area contributed by atoms with Crippen LogP contribution in [0.5, 0.6) is 0 Å². The first-order valence-electron chi connectivity index (χ1n) is 13.6. The average Bonchev–Trinajstić information content (AvgIpc) is 3.22. The molecule has 0 radical (unpaired) electrons. The largest absolute Gasteiger partial charge is 0.371 e. The number of rotatable bonds is 6. The fraction of sp³-hybridized carbons (Fsp3) is 0.367. The molecule has 2 aromatic heterocycles. The molecular formula is C30H34ClN7O. The molecule has 0 bridgehead atoms. The van der Waals surface area contributed by atoms with Crippen molar-refractivity contribution in [3.8, 4) is 5.69 Å². The predicted octanol–water partition coefficient (Wildman–Crippen LogP) is 5.48. The summed E-state index contributed by atoms with van der Waals surface area (Å²) >= 11 is 6.26. The van der Waals surface area contributed by atoms with Gasteiger partial charge >= 0.3 is 0 Å². The predicted molar refractivity (Wildman–Crippen MR) is 159 cm³/mol. The monoisotopic (exact) mass is 543 g/mol. The van der Waals surface area contributed by atoms with E-state index in [2.05, 4.69) is 58.0 Å². The van der Waals surface area contributed by atoms with Crippen molar-refractivity contribution in [1.29, 1.82) is 0 Å². The van der Waals surface area contributed by atoms with Crippen LogP contribution in [0, 0.1) is 5.41 Å². The van der Waals surface area contributed by atoms with Gasteiger partial charge in [-0.05, 0) is 93.7 Å². The van der Waals surface area contributed by atoms with E-state index in [1.165, 1.54) is 44.5 Å². The highest BCUT2D eigenvalue weighted by atomic mass is 35.5. The number of likely N-dealkylation sites (tertiary alicyclic amines) is 1. The second-order valence-electron chi connectivity index (χ2n) is 10.9. The van der Waals surface area contributed by atoms with Gasteiger partial charge in [0, 0.05) is 35.7 Å². The molecule has 2 saturated heterocycles. The zero-order chi connectivity index (χ0) is 27.0. The van der Waals surface area contributed by atoms with E-state index >= 15 is 0 Å². The van der Waals surface area contributed by atoms with E-state index in [1.54, 1.807) is 27.7 Å². The highest BCUT2D eigenvalue weighted by molar-refractivity contribution is 6.30. The maximum absolute atomic E-state index is 13.1. The second kappa shape index (κ2) is 10.5. The summed E-state index contributed by atoms with van der Waals surface area (Å²) in [6, 6.07) is 15.8. The van der Waals surface area contributed by atoms with Gasteiger partial charge < -0.3 is 15.1 Å². The number of benzene rings is 2. The molecule has 1 N–H and O–H groups in total. The van der Waals surface area contributed by atoms with Gasteiger partial charge in [-0.2, -0.15) is 4.98 Å². The molecule has 4 heterocycles. The zero-order valence-corrected chi connectivity index (χ0v) is 23.1. The van der Waals surface area contributed by atoms with Crippen molar-refractivity contribution >= 4 is 40.0 Å². The van der Waals surface area contributed by atoms with E-state index in [-0.39, 0.29) is 5.56 Å². The van der Waals surface area contributed by atoms with Crippen molar-refractivity contribution in [2.24, 2.45) is 5.41 Å². The summed E-state index contributed by atoms with van der Waals surface area (Å²) in [6.45, 7) is 8.81. The zero-order valence-electron chi connectivity index (χ0n) is 22.3. The Morgan fingerprint density at radius 3 is 2.44 bits per heavy atom. The SMILES string of the molecule is C=CCn1c(=O)c2cnc(Nc3ccc(N4CCC5(CCN(C)CC5)CC4)cc3)nc2n1-c1cccc(Cl)c1. The van der Waals surface area contributed by atoms with Gasteiger partial charge in [-0.3, -0.25) is 4.79 Å². The minimum Gasteiger partial charge on any atom is -0.371 e. The van der Waals surface area contributed by atoms with Crippen LogP contribution in [0.4, 0.5) is 17.3 Å². The van der Waals surface area contributed by atoms with Crippen molar-refractivity contribution in [2.45, 2.75) is 32.2 Å². The van der Waals surface area contributed by atoms with Gasteiger partial charge in [-0.1, -0.05) is 23.7 Å². The fourth-order valence-electron chi connectivity index (χ4n) is 5.96. The summed E-state index contributed by atoms with van der Waals surface area (Å²) in [5, 5.41) is 4.33. The van der Waals surface area contributed by atoms with Crippen LogP contribution in [-0.2, 0) is 6.54 Å². The van der Waals surface area contributed by atoms with Gasteiger partial charge in [0.2, 0.25) is 5.95 Å². The lowest BCUT2D eigenvalue weighted by Gasteiger charge is -2.46. The maximum atomic E-state index is 13.1. The molecule has 2 aliphatic rings. The Morgan fingerprint density at radius 1 is 1.03 bits per heavy atom. The number of allylic oxidation sites excluding steroid dienone is 1. The lowest BCUT2D eigenvalue weighted by atomic mass is 9.71. The molecule has 0 saturated carbocycles. The van der Waals surface area contributed by atoms with Crippen molar-refractivity contribution in [3.05, 3.63) is 82.8 Å². The minimum absolute atomic E-state index is 0.177. The average molecular weight is 544 g/mol. The Hall–Kier alpha value is -3.62. The maximum Gasteiger partial charge on any atom is 0.278 e. The van der Waals surface area contributed by atoms with E-state index < -0.39 is 0 Å². The van der Waals surface area contributed by atoms with Crippen LogP contribution >= 0.6 is 11.6 Å². The standard InChI is InChI=1S/C30H34ClN7O/c1-3-15-37-28(39)26-21-32-29(34-27(26)38(37)25-6-4-5-22(31)20-25)33-23-7-9-24(10-8-23)36-18-13-30(14-19-36)11-16-35(2)17-12-30/h3-10,20-21H,1,11-19H2,2H3,(H,32,33,34). The van der Waals surface area contributed by atoms with Gasteiger partial charge in [0.25, 0.3) is 5.56 Å². The highest BCUT2D eigenvalue weighted by Gasteiger charge is 2.36. The number of fused-ring (bicyclic) bond motifs is 1. The third-order valence-corrected chi connectivity index (χ3v) is 8.63. The van der Waals surface area contributed by atoms with Gasteiger partial charge in [0.15, 0.2) is 5.65 Å². The number of nitrogens with one attached hydrogen (secondary N) is 1. The molecule has 0 unspecified atom stereocenters. The van der Waals surface area contributed by atoms with Gasteiger partial charge in [-0.15, -0.1) is 6.58 Å². The van der Waals surface area contributed by atoms with Crippen molar-refractivity contribution in [2.75, 3.05) is 43.4 Å². The fourth-order valence-corrected chi connectivity index (χ4v) is 6.15. The molecule has 9 heteroatoms. The Bertz CT molecular complexity index is 1540. The summed E-state index contributed by atoms with van der Waals surface area (Å²) in [6.07, 6.45) is 8.46. The van der Waals surface area contributed by atoms with Gasteiger partial charge in [0.05, 0.1) is 12.2 Å². The van der Waals surface area contributed by atoms with Crippen molar-refractivity contribution < 1.29 is 0 Å². The number of aromatic nitrogens is 4. The Balaban J connectivity index is 1.21. The minimum atomic E-state index is -0.177. The van der Waals surface area contributed by atoms with Crippen LogP contribution in [0.15, 0.2) is 72.2 Å². The van der Waals surface area contributed by atoms with Crippen LogP contribution in [0.2, 0.25) is 5.02 Å². The summed E-state index contributed by atoms with van der Waals surface area (Å²) in [7, 11) is 2.23. The van der Waals surface area contributed by atoms with Crippen LogP contribution in [0.3, 0.4) is 0 Å². The Morgan fingerprint density at radius 2 is 1.74 bits per heavy atom. The number of hydrogen-bond acceptors (Lipinski definition) is 6. The molecule has 2 aliphatic heterocycles. The van der Waals surface area contributed by atoms with Crippen molar-refractivity contribution in [3.63, 3.8) is 0 Å². The molecule has 0 aliphatic carbocycles. The summed E-state index contributed by atoms with van der Waals surface area (Å²) in [4.78, 5) is 27.3. The summed E-state index contributed by atoms with van der Waals surface area (Å²) in [5.41, 5.74) is 3.75. The normalized spacial score (nSPS) is 17.5. The lowest BCUT2D eigenvalue weighted by molar-refractivity contribution is 0.0945. The van der Waals surface area contributed by atoms with Crippen LogP contribution < -0.4 is 15.8 Å². The van der Waals surface area contributed by atoms with E-state index in [9.17, 15) is 4.79 Å². The number of piperidine rings is 2. The molecule has 8 nitrogen and oxygen atoms in total. The number of nitrogens with zero attached hydrogens (tertiary/aromatic N) is 6. The number of hydrogen-bond donors (Lipinski definition) is 1. The van der Waals surface area contributed by atoms with Crippen LogP contribution in [-0.4, -0.2) is 57.5 Å². The third kappa shape index (κ3) is 5.06. The molecule has 39 heavy (non-hydrogen) atoms. The van der Waals surface area contributed by atoms with E-state index in [4.69, 9.17) is 16.6 Å². The van der Waals surface area contributed by atoms with E-state index in [1.807, 2.05) is 18.2 Å². The molecule has 0 amide bonds. The third-order valence-electron chi connectivity index (χ3n) is 8.39. The van der Waals surface area contributed by atoms with E-state index in [0.29, 0.717) is 34.0 Å². The Labute approximate surface area is 233 Å². The Kier molecular flexibility index (Phi) is 6.91. The molecule has 2 fully saturated rings. The summed E-state index contributed by atoms with van der Waals surface area (Å²) < 4.78 is 3.36. The lowest BCUT2D eigenvalue weighted by Crippen LogP contribution is -2.46. The molecule has 4 aromatic rings. The second-order valence-corrected chi connectivity index (χ2v) is 11.3. The summed E-state index contributed by atoms with van der Waals surface area (Å²) in [5.74, 6) is 0.420. The first-order valence-corrected chi connectivity index (χ1v) is 14.0. The molecule has 2 aromatic carbocycles. The van der Waals surface area contributed by atoms with Crippen molar-refractivity contribution in [1.82, 2.24) is 24.2 Å². The number of anilines is 3. The van der Waals surface area contributed by atoms with Gasteiger partial charge in [-0.25, -0.2) is 14.3 Å². The molecule has 1 spiro atoms. The molecule has 202 valence electrons. The van der Waals surface area contributed by atoms with Crippen LogP contribution in [0.1, 0.15) is 25.7 Å². The highest BCUT2D eigenvalue weighted by Crippen LogP contribution is 2.42. The quantitative estimate of drug-likeness (QED) is 0.325. The van der Waals surface area contributed by atoms with E-state index in [0.717, 1.165) is 24.5 Å². The molecule has 6 rings (SSSR count). The van der Waals surface area contributed by atoms with Crippen LogP contribution in [0.25, 0.3) is 16.7 Å². The number of halogens is 1. The van der Waals surface area contributed by atoms with Gasteiger partial charge in [0.1, 0.15) is 5.39 Å². The first-order chi connectivity index (χ1) is 18.9. The molecule has 0 atom stereocenters.